The summed E-state index contributed by atoms with van der Waals surface area (Å²) in [6, 6.07) is 7.79. The first-order chi connectivity index (χ1) is 13.8. The third kappa shape index (κ3) is 4.05. The van der Waals surface area contributed by atoms with Crippen molar-refractivity contribution >= 4 is 11.6 Å². The maximum Gasteiger partial charge on any atom is 0.253 e. The maximum absolute atomic E-state index is 13.1. The minimum absolute atomic E-state index is 0.0358. The molecule has 2 aliphatic rings. The van der Waals surface area contributed by atoms with Gasteiger partial charge in [-0.05, 0) is 37.0 Å². The maximum atomic E-state index is 13.1. The highest BCUT2D eigenvalue weighted by molar-refractivity contribution is 6.00. The first-order valence-electron chi connectivity index (χ1n) is 10.0. The molecule has 1 N–H and O–H groups in total. The minimum Gasteiger partial charge on any atom is -0.383 e. The van der Waals surface area contributed by atoms with Crippen LogP contribution in [0.1, 0.15) is 40.5 Å². The number of morpholine rings is 1. The molecular formula is C21H28N4O3. The first-order valence-corrected chi connectivity index (χ1v) is 10.0. The topological polar surface area (TPSA) is 68.6 Å². The standard InChI is InChI=1S/C21H28N4O3/c1-27-12-11-25-15-16-5-4-7-18(20(16)23-25)22-21(26)17-6-2-3-8-19(17)24-9-13-28-14-10-24/h2-3,6,8,15,18H,4-5,7,9-14H2,1H3,(H,22,26). The molecule has 1 atom stereocenters. The van der Waals surface area contributed by atoms with Gasteiger partial charge in [-0.3, -0.25) is 9.48 Å². The summed E-state index contributed by atoms with van der Waals surface area (Å²) < 4.78 is 12.5. The van der Waals surface area contributed by atoms with Gasteiger partial charge in [-0.2, -0.15) is 5.10 Å². The van der Waals surface area contributed by atoms with E-state index in [0.717, 1.165) is 55.8 Å². The third-order valence-electron chi connectivity index (χ3n) is 5.47. The highest BCUT2D eigenvalue weighted by Gasteiger charge is 2.27. The fraction of sp³-hybridized carbons (Fsp3) is 0.524. The number of benzene rings is 1. The number of fused-ring (bicyclic) bond motifs is 1. The van der Waals surface area contributed by atoms with Crippen LogP contribution in [-0.4, -0.2) is 55.7 Å². The summed E-state index contributed by atoms with van der Waals surface area (Å²) in [5, 5.41) is 7.96. The van der Waals surface area contributed by atoms with E-state index >= 15 is 0 Å². The Kier molecular flexibility index (Phi) is 5.92. The zero-order valence-electron chi connectivity index (χ0n) is 16.4. The van der Waals surface area contributed by atoms with Gasteiger partial charge in [0.15, 0.2) is 0 Å². The van der Waals surface area contributed by atoms with Crippen LogP contribution in [0.15, 0.2) is 30.5 Å². The SMILES string of the molecule is COCCn1cc2c(n1)C(NC(=O)c1ccccc1N1CCOCC1)CCC2. The molecule has 150 valence electrons. The fourth-order valence-corrected chi connectivity index (χ4v) is 4.02. The number of nitrogens with zero attached hydrogens (tertiary/aromatic N) is 3. The summed E-state index contributed by atoms with van der Waals surface area (Å²) in [5.41, 5.74) is 3.92. The molecule has 1 saturated heterocycles. The van der Waals surface area contributed by atoms with Crippen molar-refractivity contribution in [3.8, 4) is 0 Å². The number of amides is 1. The molecule has 1 aliphatic carbocycles. The number of hydrogen-bond donors (Lipinski definition) is 1. The van der Waals surface area contributed by atoms with E-state index in [4.69, 9.17) is 14.6 Å². The van der Waals surface area contributed by atoms with Gasteiger partial charge in [-0.1, -0.05) is 12.1 Å². The molecule has 2 aromatic rings. The van der Waals surface area contributed by atoms with Crippen LogP contribution in [0.2, 0.25) is 0 Å². The number of nitrogens with one attached hydrogen (secondary N) is 1. The van der Waals surface area contributed by atoms with Crippen LogP contribution < -0.4 is 10.2 Å². The average Bonchev–Trinajstić information content (AvgIpc) is 3.17. The van der Waals surface area contributed by atoms with Gasteiger partial charge in [0.1, 0.15) is 0 Å². The normalized spacial score (nSPS) is 19.3. The number of ether oxygens (including phenoxy) is 2. The van der Waals surface area contributed by atoms with Gasteiger partial charge in [0.05, 0.1) is 43.7 Å². The Bertz CT molecular complexity index is 814. The molecule has 1 unspecified atom stereocenters. The van der Waals surface area contributed by atoms with Crippen LogP contribution in [0.3, 0.4) is 0 Å². The van der Waals surface area contributed by atoms with Crippen molar-refractivity contribution < 1.29 is 14.3 Å². The first kappa shape index (κ1) is 19.0. The molecule has 1 aliphatic heterocycles. The zero-order chi connectivity index (χ0) is 19.3. The number of methoxy groups -OCH3 is 1. The quantitative estimate of drug-likeness (QED) is 0.827. The number of carbonyl (C=O) groups is 1. The van der Waals surface area contributed by atoms with Crippen molar-refractivity contribution in [3.05, 3.63) is 47.3 Å². The Labute approximate surface area is 165 Å². The number of carbonyl (C=O) groups excluding carboxylic acids is 1. The number of para-hydroxylation sites is 1. The van der Waals surface area contributed by atoms with E-state index in [0.29, 0.717) is 19.8 Å². The van der Waals surface area contributed by atoms with Crippen LogP contribution >= 0.6 is 0 Å². The molecule has 0 saturated carbocycles. The molecule has 0 radical (unpaired) electrons. The third-order valence-corrected chi connectivity index (χ3v) is 5.47. The van der Waals surface area contributed by atoms with E-state index < -0.39 is 0 Å². The Balaban J connectivity index is 1.51. The second-order valence-electron chi connectivity index (χ2n) is 7.33. The molecule has 1 aromatic carbocycles. The average molecular weight is 384 g/mol. The Morgan fingerprint density at radius 1 is 1.32 bits per heavy atom. The Morgan fingerprint density at radius 3 is 2.96 bits per heavy atom. The highest BCUT2D eigenvalue weighted by atomic mass is 16.5. The summed E-state index contributed by atoms with van der Waals surface area (Å²) in [7, 11) is 1.69. The van der Waals surface area contributed by atoms with Gasteiger partial charge in [0.2, 0.25) is 0 Å². The second kappa shape index (κ2) is 8.75. The molecule has 2 heterocycles. The van der Waals surface area contributed by atoms with Gasteiger partial charge >= 0.3 is 0 Å². The van der Waals surface area contributed by atoms with E-state index in [1.807, 2.05) is 28.9 Å². The zero-order valence-corrected chi connectivity index (χ0v) is 16.4. The lowest BCUT2D eigenvalue weighted by molar-refractivity contribution is 0.0930. The van der Waals surface area contributed by atoms with Crippen LogP contribution in [0.5, 0.6) is 0 Å². The largest absolute Gasteiger partial charge is 0.383 e. The molecule has 0 spiro atoms. The fourth-order valence-electron chi connectivity index (χ4n) is 4.02. The predicted molar refractivity (Wildman–Crippen MR) is 107 cm³/mol. The molecule has 0 bridgehead atoms. The van der Waals surface area contributed by atoms with E-state index in [1.165, 1.54) is 5.56 Å². The lowest BCUT2D eigenvalue weighted by Crippen LogP contribution is -2.38. The number of anilines is 1. The van der Waals surface area contributed by atoms with Gasteiger partial charge in [0.25, 0.3) is 5.91 Å². The van der Waals surface area contributed by atoms with Crippen LogP contribution in [0, 0.1) is 0 Å². The summed E-state index contributed by atoms with van der Waals surface area (Å²) >= 11 is 0. The molecule has 7 heteroatoms. The molecule has 1 aromatic heterocycles. The number of rotatable bonds is 6. The van der Waals surface area contributed by atoms with Crippen LogP contribution in [0.4, 0.5) is 5.69 Å². The van der Waals surface area contributed by atoms with Crippen molar-refractivity contribution in [3.63, 3.8) is 0 Å². The van der Waals surface area contributed by atoms with Crippen molar-refractivity contribution in [1.29, 1.82) is 0 Å². The lowest BCUT2D eigenvalue weighted by atomic mass is 9.93. The minimum atomic E-state index is -0.0437. The summed E-state index contributed by atoms with van der Waals surface area (Å²) in [6.45, 7) is 4.36. The highest BCUT2D eigenvalue weighted by Crippen LogP contribution is 2.30. The van der Waals surface area contributed by atoms with E-state index in [1.54, 1.807) is 7.11 Å². The van der Waals surface area contributed by atoms with Gasteiger partial charge in [-0.15, -0.1) is 0 Å². The molecule has 7 nitrogen and oxygen atoms in total. The molecule has 1 fully saturated rings. The second-order valence-corrected chi connectivity index (χ2v) is 7.33. The summed E-state index contributed by atoms with van der Waals surface area (Å²) in [5.74, 6) is -0.0358. The van der Waals surface area contributed by atoms with Crippen LogP contribution in [-0.2, 0) is 22.4 Å². The predicted octanol–water partition coefficient (Wildman–Crippen LogP) is 2.17. The van der Waals surface area contributed by atoms with Crippen molar-refractivity contribution in [2.45, 2.75) is 31.8 Å². The smallest absolute Gasteiger partial charge is 0.253 e. The summed E-state index contributed by atoms with van der Waals surface area (Å²) in [4.78, 5) is 15.4. The van der Waals surface area contributed by atoms with Gasteiger partial charge in [-0.25, -0.2) is 0 Å². The molecule has 1 amide bonds. The molecule has 28 heavy (non-hydrogen) atoms. The van der Waals surface area contributed by atoms with E-state index in [9.17, 15) is 4.79 Å². The number of hydrogen-bond acceptors (Lipinski definition) is 5. The van der Waals surface area contributed by atoms with Gasteiger partial charge < -0.3 is 19.7 Å². The van der Waals surface area contributed by atoms with E-state index in [-0.39, 0.29) is 11.9 Å². The van der Waals surface area contributed by atoms with Crippen molar-refractivity contribution in [2.24, 2.45) is 0 Å². The van der Waals surface area contributed by atoms with Crippen molar-refractivity contribution in [2.75, 3.05) is 44.9 Å². The molecular weight excluding hydrogens is 356 g/mol. The number of aryl methyl sites for hydroxylation is 1. The Hall–Kier alpha value is -2.38. The molecule has 4 rings (SSSR count). The number of aromatic nitrogens is 2. The monoisotopic (exact) mass is 384 g/mol. The van der Waals surface area contributed by atoms with Gasteiger partial charge in [0, 0.05) is 32.1 Å². The van der Waals surface area contributed by atoms with E-state index in [2.05, 4.69) is 16.4 Å². The van der Waals surface area contributed by atoms with Crippen molar-refractivity contribution in [1.82, 2.24) is 15.1 Å². The van der Waals surface area contributed by atoms with Crippen LogP contribution in [0.25, 0.3) is 0 Å². The Morgan fingerprint density at radius 2 is 2.14 bits per heavy atom. The summed E-state index contributed by atoms with van der Waals surface area (Å²) in [6.07, 6.45) is 5.08. The lowest BCUT2D eigenvalue weighted by Gasteiger charge is -2.30.